The van der Waals surface area contributed by atoms with Crippen LogP contribution in [0.1, 0.15) is 6.92 Å². The molecule has 2 heterocycles. The Bertz CT molecular complexity index is 460. The fourth-order valence-corrected chi connectivity index (χ4v) is 1.53. The molecule has 4 nitrogen and oxygen atoms in total. The molecule has 2 rings (SSSR count). The summed E-state index contributed by atoms with van der Waals surface area (Å²) in [6.45, 7) is 2.38. The molecule has 0 bridgehead atoms. The summed E-state index contributed by atoms with van der Waals surface area (Å²) in [6.07, 6.45) is 3.41. The summed E-state index contributed by atoms with van der Waals surface area (Å²) in [6, 6.07) is 0. The number of hydrogen-bond acceptors (Lipinski definition) is 4. The van der Waals surface area contributed by atoms with Crippen LogP contribution in [0.25, 0.3) is 10.8 Å². The van der Waals surface area contributed by atoms with Gasteiger partial charge in [0.05, 0.1) is 0 Å². The lowest BCUT2D eigenvalue weighted by atomic mass is 10.6. The van der Waals surface area contributed by atoms with Crippen LogP contribution in [0.3, 0.4) is 0 Å². The van der Waals surface area contributed by atoms with E-state index in [1.165, 1.54) is 11.3 Å². The second-order valence-electron chi connectivity index (χ2n) is 2.53. The van der Waals surface area contributed by atoms with Crippen molar-refractivity contribution in [1.82, 2.24) is 19.7 Å². The Labute approximate surface area is 85.6 Å². The number of hydrogen-bond donors (Lipinski definition) is 0. The van der Waals surface area contributed by atoms with Gasteiger partial charge in [-0.25, -0.2) is 14.6 Å². The predicted molar refractivity (Wildman–Crippen MR) is 54.6 cm³/mol. The molecule has 0 aliphatic carbocycles. The molecule has 0 atom stereocenters. The Hall–Kier alpha value is -1.67. The molecule has 0 spiro atoms. The summed E-state index contributed by atoms with van der Waals surface area (Å²) in [5.41, 5.74) is 0. The van der Waals surface area contributed by atoms with Crippen molar-refractivity contribution in [2.45, 2.75) is 13.5 Å². The van der Waals surface area contributed by atoms with E-state index >= 15 is 0 Å². The average Bonchev–Trinajstić information content (AvgIpc) is 2.85. The molecule has 0 aliphatic heterocycles. The fourth-order valence-electron chi connectivity index (χ4n) is 0.963. The highest BCUT2D eigenvalue weighted by atomic mass is 32.1. The summed E-state index contributed by atoms with van der Waals surface area (Å²) in [5, 5.41) is 6.99. The minimum atomic E-state index is 0.578. The van der Waals surface area contributed by atoms with Crippen molar-refractivity contribution in [1.29, 1.82) is 0 Å². The van der Waals surface area contributed by atoms with Crippen molar-refractivity contribution >= 4 is 11.3 Å². The van der Waals surface area contributed by atoms with E-state index in [-0.39, 0.29) is 0 Å². The predicted octanol–water partition coefficient (Wildman–Crippen LogP) is 1.42. The van der Waals surface area contributed by atoms with Gasteiger partial charge in [-0.15, -0.1) is 22.4 Å². The van der Waals surface area contributed by atoms with E-state index in [1.807, 2.05) is 5.38 Å². The standard InChI is InChI=1S/C9H8N4S/c1-2-3-5-13-7-11-8(12-13)9-10-4-6-14-9/h4,6-7H,5H2,1H3. The third kappa shape index (κ3) is 1.80. The summed E-state index contributed by atoms with van der Waals surface area (Å²) in [7, 11) is 0. The van der Waals surface area contributed by atoms with E-state index in [9.17, 15) is 0 Å². The third-order valence-corrected chi connectivity index (χ3v) is 2.35. The fraction of sp³-hybridized carbons (Fsp3) is 0.222. The summed E-state index contributed by atoms with van der Waals surface area (Å²) < 4.78 is 1.70. The largest absolute Gasteiger partial charge is 0.241 e. The zero-order valence-electron chi connectivity index (χ0n) is 7.64. The Kier molecular flexibility index (Phi) is 2.56. The number of nitrogens with zero attached hydrogens (tertiary/aromatic N) is 4. The van der Waals surface area contributed by atoms with Crippen LogP contribution in [-0.4, -0.2) is 19.7 Å². The lowest BCUT2D eigenvalue weighted by molar-refractivity contribution is 0.715. The van der Waals surface area contributed by atoms with Gasteiger partial charge in [0.2, 0.25) is 5.82 Å². The Morgan fingerprint density at radius 3 is 3.14 bits per heavy atom. The minimum absolute atomic E-state index is 0.578. The molecular formula is C9H8N4S. The van der Waals surface area contributed by atoms with Crippen LogP contribution in [0.5, 0.6) is 0 Å². The highest BCUT2D eigenvalue weighted by Gasteiger charge is 2.05. The van der Waals surface area contributed by atoms with Gasteiger partial charge in [0, 0.05) is 11.6 Å². The maximum atomic E-state index is 4.24. The molecule has 0 unspecified atom stereocenters. The van der Waals surface area contributed by atoms with E-state index in [0.29, 0.717) is 12.4 Å². The van der Waals surface area contributed by atoms with Gasteiger partial charge in [-0.05, 0) is 6.92 Å². The average molecular weight is 204 g/mol. The van der Waals surface area contributed by atoms with E-state index in [4.69, 9.17) is 0 Å². The Balaban J connectivity index is 2.21. The van der Waals surface area contributed by atoms with Gasteiger partial charge in [0.25, 0.3) is 0 Å². The molecular weight excluding hydrogens is 196 g/mol. The maximum Gasteiger partial charge on any atom is 0.210 e. The zero-order chi connectivity index (χ0) is 9.80. The molecule has 0 aliphatic rings. The smallest absolute Gasteiger partial charge is 0.210 e. The Morgan fingerprint density at radius 2 is 2.43 bits per heavy atom. The molecule has 2 aromatic heterocycles. The summed E-state index contributed by atoms with van der Waals surface area (Å²) in [5.74, 6) is 6.39. The van der Waals surface area contributed by atoms with Crippen LogP contribution in [-0.2, 0) is 6.54 Å². The zero-order valence-corrected chi connectivity index (χ0v) is 8.45. The van der Waals surface area contributed by atoms with Crippen molar-refractivity contribution in [3.63, 3.8) is 0 Å². The SMILES string of the molecule is CC#CCn1cnc(-c2nccs2)n1. The van der Waals surface area contributed by atoms with Crippen LogP contribution < -0.4 is 0 Å². The molecule has 0 aromatic carbocycles. The van der Waals surface area contributed by atoms with Crippen molar-refractivity contribution < 1.29 is 0 Å². The van der Waals surface area contributed by atoms with Gasteiger partial charge in [0.15, 0.2) is 5.01 Å². The summed E-state index contributed by atoms with van der Waals surface area (Å²) in [4.78, 5) is 8.27. The lowest BCUT2D eigenvalue weighted by Gasteiger charge is -1.88. The first-order valence-corrected chi connectivity index (χ1v) is 4.97. The van der Waals surface area contributed by atoms with Gasteiger partial charge < -0.3 is 0 Å². The monoisotopic (exact) mass is 204 g/mol. The first-order valence-electron chi connectivity index (χ1n) is 4.09. The highest BCUT2D eigenvalue weighted by molar-refractivity contribution is 7.12. The van der Waals surface area contributed by atoms with Gasteiger partial charge in [-0.2, -0.15) is 0 Å². The molecule has 0 radical (unpaired) electrons. The molecule has 0 fully saturated rings. The van der Waals surface area contributed by atoms with Gasteiger partial charge in [-0.3, -0.25) is 0 Å². The second-order valence-corrected chi connectivity index (χ2v) is 3.42. The highest BCUT2D eigenvalue weighted by Crippen LogP contribution is 2.16. The molecule has 14 heavy (non-hydrogen) atoms. The van der Waals surface area contributed by atoms with Crippen LogP contribution in [0.4, 0.5) is 0 Å². The van der Waals surface area contributed by atoms with Crippen molar-refractivity contribution in [3.05, 3.63) is 17.9 Å². The third-order valence-electron chi connectivity index (χ3n) is 1.58. The van der Waals surface area contributed by atoms with E-state index in [0.717, 1.165) is 5.01 Å². The van der Waals surface area contributed by atoms with Gasteiger partial charge in [0.1, 0.15) is 12.9 Å². The topological polar surface area (TPSA) is 43.6 Å². The molecule has 70 valence electrons. The first-order chi connectivity index (χ1) is 6.90. The van der Waals surface area contributed by atoms with E-state index in [1.54, 1.807) is 24.1 Å². The number of aromatic nitrogens is 4. The second kappa shape index (κ2) is 4.03. The molecule has 0 N–H and O–H groups in total. The van der Waals surface area contributed by atoms with Crippen molar-refractivity contribution in [2.24, 2.45) is 0 Å². The summed E-state index contributed by atoms with van der Waals surface area (Å²) >= 11 is 1.53. The van der Waals surface area contributed by atoms with Crippen LogP contribution in [0.2, 0.25) is 0 Å². The van der Waals surface area contributed by atoms with Crippen LogP contribution in [0, 0.1) is 11.8 Å². The first kappa shape index (κ1) is 8.91. The van der Waals surface area contributed by atoms with E-state index < -0.39 is 0 Å². The Morgan fingerprint density at radius 1 is 1.50 bits per heavy atom. The van der Waals surface area contributed by atoms with Crippen molar-refractivity contribution in [2.75, 3.05) is 0 Å². The molecule has 0 saturated heterocycles. The van der Waals surface area contributed by atoms with Crippen LogP contribution >= 0.6 is 11.3 Å². The lowest BCUT2D eigenvalue weighted by Crippen LogP contribution is -1.95. The number of rotatable bonds is 2. The molecule has 2 aromatic rings. The molecule has 0 amide bonds. The normalized spacial score (nSPS) is 9.50. The van der Waals surface area contributed by atoms with Gasteiger partial charge >= 0.3 is 0 Å². The number of thiazole rings is 1. The molecule has 0 saturated carbocycles. The molecule has 5 heteroatoms. The quantitative estimate of drug-likeness (QED) is 0.695. The van der Waals surface area contributed by atoms with Crippen molar-refractivity contribution in [3.8, 4) is 22.7 Å². The van der Waals surface area contributed by atoms with E-state index in [2.05, 4.69) is 26.9 Å². The van der Waals surface area contributed by atoms with Gasteiger partial charge in [-0.1, -0.05) is 5.92 Å². The maximum absolute atomic E-state index is 4.24. The van der Waals surface area contributed by atoms with Crippen LogP contribution in [0.15, 0.2) is 17.9 Å². The minimum Gasteiger partial charge on any atom is -0.241 e.